The summed E-state index contributed by atoms with van der Waals surface area (Å²) in [4.78, 5) is 44.3. The van der Waals surface area contributed by atoms with E-state index in [1.165, 1.54) is 6.20 Å². The molecule has 1 aromatic heterocycles. The summed E-state index contributed by atoms with van der Waals surface area (Å²) in [5.74, 6) is -1.11. The van der Waals surface area contributed by atoms with E-state index in [1.807, 2.05) is 36.4 Å². The molecule has 2 aromatic rings. The molecule has 9 heteroatoms. The quantitative estimate of drug-likeness (QED) is 0.683. The Morgan fingerprint density at radius 1 is 1.19 bits per heavy atom. The molecule has 2 aliphatic rings. The van der Waals surface area contributed by atoms with Crippen LogP contribution in [-0.2, 0) is 16.0 Å². The zero-order valence-electron chi connectivity index (χ0n) is 17.3. The van der Waals surface area contributed by atoms with Crippen molar-refractivity contribution in [1.82, 2.24) is 20.7 Å². The van der Waals surface area contributed by atoms with E-state index in [0.29, 0.717) is 26.1 Å². The topological polar surface area (TPSA) is 104 Å². The van der Waals surface area contributed by atoms with Crippen LogP contribution in [0.25, 0.3) is 0 Å². The first-order valence-electron chi connectivity index (χ1n) is 10.3. The molecule has 1 aromatic carbocycles. The Hall–Kier alpha value is -3.46. The number of hydrazine groups is 1. The van der Waals surface area contributed by atoms with Gasteiger partial charge >= 0.3 is 6.03 Å². The summed E-state index contributed by atoms with van der Waals surface area (Å²) in [5.41, 5.74) is 3.35. The van der Waals surface area contributed by atoms with E-state index >= 15 is 0 Å². The molecule has 0 aliphatic carbocycles. The van der Waals surface area contributed by atoms with Gasteiger partial charge in [-0.05, 0) is 37.5 Å². The van der Waals surface area contributed by atoms with Gasteiger partial charge in [-0.3, -0.25) is 20.0 Å². The molecule has 3 heterocycles. The highest BCUT2D eigenvalue weighted by atomic mass is 16.5. The van der Waals surface area contributed by atoms with Gasteiger partial charge < -0.3 is 15.0 Å². The maximum absolute atomic E-state index is 12.9. The fourth-order valence-corrected chi connectivity index (χ4v) is 3.71. The van der Waals surface area contributed by atoms with Crippen molar-refractivity contribution in [1.29, 1.82) is 0 Å². The second kappa shape index (κ2) is 8.73. The van der Waals surface area contributed by atoms with Gasteiger partial charge in [0.15, 0.2) is 0 Å². The molecule has 9 nitrogen and oxygen atoms in total. The van der Waals surface area contributed by atoms with Crippen LogP contribution < -0.4 is 15.6 Å². The second-order valence-electron chi connectivity index (χ2n) is 7.83. The number of anilines is 1. The van der Waals surface area contributed by atoms with Crippen LogP contribution in [0.4, 0.5) is 10.5 Å². The first-order valence-corrected chi connectivity index (χ1v) is 10.3. The van der Waals surface area contributed by atoms with Crippen LogP contribution in [0.5, 0.6) is 0 Å². The number of nitrogens with zero attached hydrogens (tertiary/aromatic N) is 3. The number of hydrogen-bond acceptors (Lipinski definition) is 6. The van der Waals surface area contributed by atoms with Gasteiger partial charge in [0.2, 0.25) is 0 Å². The summed E-state index contributed by atoms with van der Waals surface area (Å²) in [5, 5.41) is 3.45. The maximum atomic E-state index is 12.9. The van der Waals surface area contributed by atoms with Crippen molar-refractivity contribution in [3.8, 4) is 0 Å². The number of aromatic nitrogens is 1. The smallest absolute Gasteiger partial charge is 0.344 e. The largest absolute Gasteiger partial charge is 0.378 e. The Labute approximate surface area is 180 Å². The standard InChI is InChI=1S/C22H25N5O4/c1-22(9-7-16-5-3-2-4-6-16)20(29)27(21(30)24-22)25-19(28)18-15-17(8-10-23-18)26-11-13-31-14-12-26/h2-6,8,10,15H,7,9,11-14H2,1H3,(H,24,30)(H,25,28)/t22-/m0/s1. The second-order valence-corrected chi connectivity index (χ2v) is 7.83. The zero-order chi connectivity index (χ0) is 21.8. The average Bonchev–Trinajstić information content (AvgIpc) is 3.02. The first kappa shape index (κ1) is 20.8. The van der Waals surface area contributed by atoms with Crippen LogP contribution in [0.15, 0.2) is 48.7 Å². The number of morpholine rings is 1. The lowest BCUT2D eigenvalue weighted by Gasteiger charge is -2.28. The van der Waals surface area contributed by atoms with E-state index in [0.717, 1.165) is 29.3 Å². The number of rotatable bonds is 6. The van der Waals surface area contributed by atoms with E-state index in [1.54, 1.807) is 13.0 Å². The minimum atomic E-state index is -1.09. The number of aryl methyl sites for hydroxylation is 1. The van der Waals surface area contributed by atoms with Gasteiger partial charge in [-0.15, -0.1) is 0 Å². The summed E-state index contributed by atoms with van der Waals surface area (Å²) in [6, 6.07) is 12.5. The predicted octanol–water partition coefficient (Wildman–Crippen LogP) is 1.51. The number of ether oxygens (including phenoxy) is 1. The average molecular weight is 423 g/mol. The molecule has 0 spiro atoms. The Morgan fingerprint density at radius 3 is 2.68 bits per heavy atom. The number of carbonyl (C=O) groups excluding carboxylic acids is 3. The maximum Gasteiger partial charge on any atom is 0.344 e. The van der Waals surface area contributed by atoms with Crippen molar-refractivity contribution in [3.63, 3.8) is 0 Å². The third-order valence-corrected chi connectivity index (χ3v) is 5.58. The van der Waals surface area contributed by atoms with Gasteiger partial charge in [0.05, 0.1) is 13.2 Å². The molecule has 0 unspecified atom stereocenters. The molecule has 2 N–H and O–H groups in total. The highest BCUT2D eigenvalue weighted by Crippen LogP contribution is 2.23. The monoisotopic (exact) mass is 423 g/mol. The van der Waals surface area contributed by atoms with Crippen molar-refractivity contribution in [2.45, 2.75) is 25.3 Å². The molecule has 4 amide bonds. The lowest BCUT2D eigenvalue weighted by atomic mass is 9.93. The highest BCUT2D eigenvalue weighted by molar-refractivity contribution is 6.08. The number of carbonyl (C=O) groups is 3. The van der Waals surface area contributed by atoms with Crippen LogP contribution >= 0.6 is 0 Å². The molecule has 2 saturated heterocycles. The van der Waals surface area contributed by atoms with Gasteiger partial charge in [0, 0.05) is 25.0 Å². The Bertz CT molecular complexity index is 977. The lowest BCUT2D eigenvalue weighted by molar-refractivity contribution is -0.132. The van der Waals surface area contributed by atoms with Crippen molar-refractivity contribution in [2.75, 3.05) is 31.2 Å². The SMILES string of the molecule is C[C@@]1(CCc2ccccc2)NC(=O)N(NC(=O)c2cc(N3CCOCC3)ccn2)C1=O. The van der Waals surface area contributed by atoms with E-state index in [9.17, 15) is 14.4 Å². The summed E-state index contributed by atoms with van der Waals surface area (Å²) in [6.45, 7) is 4.34. The zero-order valence-corrected chi connectivity index (χ0v) is 17.3. The number of amides is 4. The van der Waals surface area contributed by atoms with Crippen LogP contribution in [0.2, 0.25) is 0 Å². The number of imide groups is 1. The molecule has 31 heavy (non-hydrogen) atoms. The van der Waals surface area contributed by atoms with E-state index in [-0.39, 0.29) is 5.69 Å². The molecule has 2 fully saturated rings. The fourth-order valence-electron chi connectivity index (χ4n) is 3.71. The van der Waals surface area contributed by atoms with Crippen molar-refractivity contribution >= 4 is 23.5 Å². The Kier molecular flexibility index (Phi) is 5.85. The first-order chi connectivity index (χ1) is 15.0. The predicted molar refractivity (Wildman–Crippen MR) is 113 cm³/mol. The molecule has 0 radical (unpaired) electrons. The van der Waals surface area contributed by atoms with Crippen molar-refractivity contribution < 1.29 is 19.1 Å². The minimum absolute atomic E-state index is 0.127. The highest BCUT2D eigenvalue weighted by Gasteiger charge is 2.48. The van der Waals surface area contributed by atoms with Gasteiger partial charge in [0.25, 0.3) is 11.8 Å². The van der Waals surface area contributed by atoms with Crippen molar-refractivity contribution in [3.05, 3.63) is 59.9 Å². The summed E-state index contributed by atoms with van der Waals surface area (Å²) >= 11 is 0. The molecule has 0 bridgehead atoms. The van der Waals surface area contributed by atoms with Crippen LogP contribution in [0.3, 0.4) is 0 Å². The lowest BCUT2D eigenvalue weighted by Crippen LogP contribution is -2.49. The Morgan fingerprint density at radius 2 is 1.94 bits per heavy atom. The molecular formula is C22H25N5O4. The molecular weight excluding hydrogens is 398 g/mol. The van der Waals surface area contributed by atoms with Gasteiger partial charge in [0.1, 0.15) is 11.2 Å². The van der Waals surface area contributed by atoms with Gasteiger partial charge in [-0.25, -0.2) is 4.79 Å². The molecule has 1 atom stereocenters. The summed E-state index contributed by atoms with van der Waals surface area (Å²) in [6.07, 6.45) is 2.57. The number of benzene rings is 1. The van der Waals surface area contributed by atoms with Crippen molar-refractivity contribution in [2.24, 2.45) is 0 Å². The number of hydrogen-bond donors (Lipinski definition) is 2. The molecule has 162 valence electrons. The third kappa shape index (κ3) is 4.51. The molecule has 0 saturated carbocycles. The van der Waals surface area contributed by atoms with Gasteiger partial charge in [-0.2, -0.15) is 5.01 Å². The summed E-state index contributed by atoms with van der Waals surface area (Å²) < 4.78 is 5.35. The number of nitrogens with one attached hydrogen (secondary N) is 2. The Balaban J connectivity index is 1.42. The van der Waals surface area contributed by atoms with E-state index < -0.39 is 23.4 Å². The minimum Gasteiger partial charge on any atom is -0.378 e. The van der Waals surface area contributed by atoms with Gasteiger partial charge in [-0.1, -0.05) is 30.3 Å². The van der Waals surface area contributed by atoms with Crippen LogP contribution in [0.1, 0.15) is 29.4 Å². The fraction of sp³-hybridized carbons (Fsp3) is 0.364. The van der Waals surface area contributed by atoms with E-state index in [2.05, 4.69) is 20.6 Å². The molecule has 2 aliphatic heterocycles. The summed E-state index contributed by atoms with van der Waals surface area (Å²) in [7, 11) is 0. The number of pyridine rings is 1. The molecule has 4 rings (SSSR count). The number of urea groups is 1. The van der Waals surface area contributed by atoms with Crippen LogP contribution in [0, 0.1) is 0 Å². The third-order valence-electron chi connectivity index (χ3n) is 5.58. The van der Waals surface area contributed by atoms with Crippen LogP contribution in [-0.4, -0.2) is 59.7 Å². The normalized spacial score (nSPS) is 21.2. The van der Waals surface area contributed by atoms with E-state index in [4.69, 9.17) is 4.74 Å².